The summed E-state index contributed by atoms with van der Waals surface area (Å²) in [5, 5.41) is 3.50. The van der Waals surface area contributed by atoms with Crippen LogP contribution in [-0.4, -0.2) is 13.2 Å². The zero-order valence-corrected chi connectivity index (χ0v) is 13.7. The molecule has 0 heterocycles. The molecule has 2 nitrogen and oxygen atoms in total. The lowest BCUT2D eigenvalue weighted by molar-refractivity contribution is 0.414. The highest BCUT2D eigenvalue weighted by Crippen LogP contribution is 2.30. The van der Waals surface area contributed by atoms with Gasteiger partial charge in [-0.25, -0.2) is 0 Å². The largest absolute Gasteiger partial charge is 0.497 e. The second-order valence-corrected chi connectivity index (χ2v) is 5.88. The summed E-state index contributed by atoms with van der Waals surface area (Å²) in [6, 6.07) is 13.4. The van der Waals surface area contributed by atoms with Crippen molar-refractivity contribution in [3.8, 4) is 16.9 Å². The van der Waals surface area contributed by atoms with E-state index in [-0.39, 0.29) is 0 Å². The second kappa shape index (κ2) is 6.77. The smallest absolute Gasteiger partial charge is 0.119 e. The van der Waals surface area contributed by atoms with E-state index in [1.54, 1.807) is 7.11 Å². The van der Waals surface area contributed by atoms with Crippen LogP contribution in [0.5, 0.6) is 5.75 Å². The van der Waals surface area contributed by atoms with Crippen LogP contribution in [-0.2, 0) is 6.54 Å². The number of ether oxygens (including phenoxy) is 1. The summed E-state index contributed by atoms with van der Waals surface area (Å²) >= 11 is 0. The Morgan fingerprint density at radius 1 is 1.00 bits per heavy atom. The molecule has 0 aliphatic heterocycles. The van der Waals surface area contributed by atoms with Crippen LogP contribution in [0.2, 0.25) is 0 Å². The normalized spacial score (nSPS) is 11.0. The fourth-order valence-electron chi connectivity index (χ4n) is 2.45. The number of rotatable bonds is 5. The Balaban J connectivity index is 2.48. The van der Waals surface area contributed by atoms with Crippen LogP contribution >= 0.6 is 0 Å². The zero-order chi connectivity index (χ0) is 15.4. The molecule has 2 aromatic rings. The van der Waals surface area contributed by atoms with Crippen LogP contribution in [0.25, 0.3) is 11.1 Å². The summed E-state index contributed by atoms with van der Waals surface area (Å²) in [4.78, 5) is 0. The van der Waals surface area contributed by atoms with Gasteiger partial charge >= 0.3 is 0 Å². The highest BCUT2D eigenvalue weighted by atomic mass is 16.5. The summed E-state index contributed by atoms with van der Waals surface area (Å²) in [6.07, 6.45) is 0. The third-order valence-corrected chi connectivity index (χ3v) is 3.70. The number of benzene rings is 2. The van der Waals surface area contributed by atoms with E-state index in [2.05, 4.69) is 63.3 Å². The van der Waals surface area contributed by atoms with E-state index in [0.29, 0.717) is 6.04 Å². The van der Waals surface area contributed by atoms with E-state index >= 15 is 0 Å². The van der Waals surface area contributed by atoms with Gasteiger partial charge in [-0.2, -0.15) is 0 Å². The molecule has 0 aromatic heterocycles. The average Bonchev–Trinajstić information content (AvgIpc) is 2.47. The summed E-state index contributed by atoms with van der Waals surface area (Å²) in [6.45, 7) is 9.48. The maximum absolute atomic E-state index is 5.38. The van der Waals surface area contributed by atoms with Gasteiger partial charge in [0.2, 0.25) is 0 Å². The maximum atomic E-state index is 5.38. The van der Waals surface area contributed by atoms with E-state index in [0.717, 1.165) is 12.3 Å². The van der Waals surface area contributed by atoms with Gasteiger partial charge in [0.1, 0.15) is 5.75 Å². The first-order valence-electron chi connectivity index (χ1n) is 7.49. The van der Waals surface area contributed by atoms with Gasteiger partial charge in [0.05, 0.1) is 7.11 Å². The van der Waals surface area contributed by atoms with Crippen molar-refractivity contribution in [2.45, 2.75) is 40.3 Å². The average molecular weight is 283 g/mol. The van der Waals surface area contributed by atoms with Crippen molar-refractivity contribution in [1.82, 2.24) is 5.32 Å². The molecule has 0 aliphatic rings. The third-order valence-electron chi connectivity index (χ3n) is 3.70. The minimum absolute atomic E-state index is 0.461. The Labute approximate surface area is 128 Å². The van der Waals surface area contributed by atoms with Crippen molar-refractivity contribution in [3.63, 3.8) is 0 Å². The van der Waals surface area contributed by atoms with Crippen molar-refractivity contribution in [2.24, 2.45) is 0 Å². The van der Waals surface area contributed by atoms with E-state index in [1.807, 2.05) is 6.07 Å². The molecule has 21 heavy (non-hydrogen) atoms. The molecule has 0 atom stereocenters. The van der Waals surface area contributed by atoms with Crippen LogP contribution in [0.4, 0.5) is 0 Å². The van der Waals surface area contributed by atoms with Crippen molar-refractivity contribution in [1.29, 1.82) is 0 Å². The number of aryl methyl sites for hydroxylation is 2. The molecule has 0 saturated carbocycles. The predicted octanol–water partition coefficient (Wildman–Crippen LogP) is 4.48. The van der Waals surface area contributed by atoms with Crippen LogP contribution in [0.15, 0.2) is 36.4 Å². The Kier molecular flexibility index (Phi) is 5.03. The third kappa shape index (κ3) is 3.85. The molecule has 2 heteroatoms. The van der Waals surface area contributed by atoms with Crippen LogP contribution in [0.3, 0.4) is 0 Å². The highest BCUT2D eigenvalue weighted by molar-refractivity contribution is 5.72. The molecular weight excluding hydrogens is 258 g/mol. The minimum atomic E-state index is 0.461. The highest BCUT2D eigenvalue weighted by Gasteiger charge is 2.10. The summed E-state index contributed by atoms with van der Waals surface area (Å²) < 4.78 is 5.38. The van der Waals surface area contributed by atoms with E-state index in [4.69, 9.17) is 4.74 Å². The van der Waals surface area contributed by atoms with Crippen molar-refractivity contribution in [2.75, 3.05) is 7.11 Å². The summed E-state index contributed by atoms with van der Waals surface area (Å²) in [5.41, 5.74) is 6.45. The molecule has 0 radical (unpaired) electrons. The minimum Gasteiger partial charge on any atom is -0.497 e. The van der Waals surface area contributed by atoms with Gasteiger partial charge < -0.3 is 10.1 Å². The van der Waals surface area contributed by atoms with Gasteiger partial charge in [0.25, 0.3) is 0 Å². The molecule has 0 fully saturated rings. The Morgan fingerprint density at radius 3 is 2.43 bits per heavy atom. The fraction of sp³-hybridized carbons (Fsp3) is 0.368. The number of hydrogen-bond acceptors (Lipinski definition) is 2. The van der Waals surface area contributed by atoms with E-state index in [9.17, 15) is 0 Å². The van der Waals surface area contributed by atoms with E-state index < -0.39 is 0 Å². The summed E-state index contributed by atoms with van der Waals surface area (Å²) in [5.74, 6) is 0.907. The lowest BCUT2D eigenvalue weighted by Crippen LogP contribution is -2.22. The van der Waals surface area contributed by atoms with Gasteiger partial charge in [-0.3, -0.25) is 0 Å². The first kappa shape index (κ1) is 15.6. The number of nitrogens with one attached hydrogen (secondary N) is 1. The predicted molar refractivity (Wildman–Crippen MR) is 89.9 cm³/mol. The van der Waals surface area contributed by atoms with Gasteiger partial charge in [0, 0.05) is 12.6 Å². The molecule has 0 unspecified atom stereocenters. The molecule has 0 bridgehead atoms. The van der Waals surface area contributed by atoms with Crippen LogP contribution in [0.1, 0.15) is 30.5 Å². The zero-order valence-electron chi connectivity index (χ0n) is 13.7. The lowest BCUT2D eigenvalue weighted by Gasteiger charge is -2.16. The number of methoxy groups -OCH3 is 1. The van der Waals surface area contributed by atoms with Crippen LogP contribution < -0.4 is 10.1 Å². The summed E-state index contributed by atoms with van der Waals surface area (Å²) in [7, 11) is 1.71. The SMILES string of the molecule is COc1ccc(-c2cc(C)ccc2C)c(CNC(C)C)c1. The molecule has 1 N–H and O–H groups in total. The second-order valence-electron chi connectivity index (χ2n) is 5.88. The molecule has 0 saturated heterocycles. The molecule has 2 rings (SSSR count). The monoisotopic (exact) mass is 283 g/mol. The van der Waals surface area contributed by atoms with Gasteiger partial charge in [-0.05, 0) is 48.2 Å². The Morgan fingerprint density at radius 2 is 1.76 bits per heavy atom. The van der Waals surface area contributed by atoms with Gasteiger partial charge in [-0.1, -0.05) is 43.7 Å². The molecule has 2 aromatic carbocycles. The van der Waals surface area contributed by atoms with E-state index in [1.165, 1.54) is 27.8 Å². The first-order valence-corrected chi connectivity index (χ1v) is 7.49. The standard InChI is InChI=1S/C19H25NO/c1-13(2)20-12-16-11-17(21-5)8-9-18(16)19-10-14(3)6-7-15(19)4/h6-11,13,20H,12H2,1-5H3. The molecule has 0 spiro atoms. The Hall–Kier alpha value is -1.80. The Bertz CT molecular complexity index is 617. The lowest BCUT2D eigenvalue weighted by atomic mass is 9.94. The molecule has 0 amide bonds. The van der Waals surface area contributed by atoms with Crippen molar-refractivity contribution < 1.29 is 4.74 Å². The molecule has 0 aliphatic carbocycles. The first-order chi connectivity index (χ1) is 10.0. The fourth-order valence-corrected chi connectivity index (χ4v) is 2.45. The topological polar surface area (TPSA) is 21.3 Å². The quantitative estimate of drug-likeness (QED) is 0.873. The van der Waals surface area contributed by atoms with Crippen LogP contribution in [0, 0.1) is 13.8 Å². The van der Waals surface area contributed by atoms with Gasteiger partial charge in [0.15, 0.2) is 0 Å². The molecular formula is C19H25NO. The maximum Gasteiger partial charge on any atom is 0.119 e. The van der Waals surface area contributed by atoms with Gasteiger partial charge in [-0.15, -0.1) is 0 Å². The van der Waals surface area contributed by atoms with Crippen molar-refractivity contribution in [3.05, 3.63) is 53.1 Å². The molecule has 112 valence electrons. The number of hydrogen-bond donors (Lipinski definition) is 1. The van der Waals surface area contributed by atoms with Crippen molar-refractivity contribution >= 4 is 0 Å².